The van der Waals surface area contributed by atoms with Crippen LogP contribution in [0.25, 0.3) is 0 Å². The molecule has 2 rings (SSSR count). The lowest BCUT2D eigenvalue weighted by Gasteiger charge is -2.08. The zero-order valence-electron chi connectivity index (χ0n) is 10.2. The Balaban J connectivity index is 1.91. The molecule has 0 aliphatic heterocycles. The summed E-state index contributed by atoms with van der Waals surface area (Å²) in [5, 5.41) is 4.02. The molecule has 0 heterocycles. The van der Waals surface area contributed by atoms with Gasteiger partial charge in [0.15, 0.2) is 0 Å². The van der Waals surface area contributed by atoms with Crippen LogP contribution < -0.4 is 5.32 Å². The molecule has 0 aliphatic rings. The minimum Gasteiger partial charge on any atom is -0.341 e. The van der Waals surface area contributed by atoms with Crippen molar-refractivity contribution in [1.82, 2.24) is 0 Å². The summed E-state index contributed by atoms with van der Waals surface area (Å²) in [5.41, 5.74) is 1.66. The van der Waals surface area contributed by atoms with Crippen LogP contribution in [0.3, 0.4) is 0 Å². The van der Waals surface area contributed by atoms with Crippen LogP contribution in [-0.4, -0.2) is 4.32 Å². The van der Waals surface area contributed by atoms with Crippen molar-refractivity contribution in [2.75, 3.05) is 5.32 Å². The van der Waals surface area contributed by atoms with E-state index < -0.39 is 0 Å². The summed E-state index contributed by atoms with van der Waals surface area (Å²) in [6.45, 7) is 0. The Morgan fingerprint density at radius 3 is 2.65 bits per heavy atom. The lowest BCUT2D eigenvalue weighted by molar-refractivity contribution is 0.626. The van der Waals surface area contributed by atoms with Gasteiger partial charge in [-0.05, 0) is 35.9 Å². The molecule has 0 saturated carbocycles. The summed E-state index contributed by atoms with van der Waals surface area (Å²) in [6, 6.07) is 11.7. The fraction of sp³-hybridized carbons (Fsp3) is 0.0714. The molecule has 0 aromatic heterocycles. The van der Waals surface area contributed by atoms with Gasteiger partial charge in [-0.25, -0.2) is 4.39 Å². The molecule has 0 bridgehead atoms. The summed E-state index contributed by atoms with van der Waals surface area (Å²) in [5.74, 6) is 0.358. The molecule has 0 amide bonds. The second kappa shape index (κ2) is 7.27. The van der Waals surface area contributed by atoms with E-state index in [1.807, 2.05) is 6.07 Å². The second-order valence-corrected chi connectivity index (χ2v) is 6.43. The maximum absolute atomic E-state index is 13.0. The molecule has 104 valence electrons. The van der Waals surface area contributed by atoms with E-state index >= 15 is 0 Å². The molecule has 0 atom stereocenters. The first kappa shape index (κ1) is 15.6. The Labute approximate surface area is 136 Å². The second-order valence-electron chi connectivity index (χ2n) is 3.96. The van der Waals surface area contributed by atoms with Crippen LogP contribution in [-0.2, 0) is 5.75 Å². The fourth-order valence-corrected chi connectivity index (χ4v) is 2.76. The number of anilines is 1. The molecule has 0 saturated heterocycles. The monoisotopic (exact) mass is 345 g/mol. The van der Waals surface area contributed by atoms with Gasteiger partial charge in [0, 0.05) is 11.4 Å². The zero-order valence-corrected chi connectivity index (χ0v) is 13.3. The van der Waals surface area contributed by atoms with Crippen LogP contribution in [0.1, 0.15) is 5.56 Å². The summed E-state index contributed by atoms with van der Waals surface area (Å²) < 4.78 is 13.6. The summed E-state index contributed by atoms with van der Waals surface area (Å²) in [6.07, 6.45) is 0. The number of hydrogen-bond donors (Lipinski definition) is 1. The van der Waals surface area contributed by atoms with Crippen molar-refractivity contribution in [2.24, 2.45) is 0 Å². The quantitative estimate of drug-likeness (QED) is 0.710. The van der Waals surface area contributed by atoms with Crippen LogP contribution in [0.15, 0.2) is 42.5 Å². The van der Waals surface area contributed by atoms with Crippen molar-refractivity contribution in [2.45, 2.75) is 5.75 Å². The lowest BCUT2D eigenvalue weighted by Crippen LogP contribution is -2.04. The van der Waals surface area contributed by atoms with E-state index in [0.717, 1.165) is 11.3 Å². The summed E-state index contributed by atoms with van der Waals surface area (Å²) in [7, 11) is 0. The molecule has 0 spiro atoms. The highest BCUT2D eigenvalue weighted by atomic mass is 35.5. The average Bonchev–Trinajstić information content (AvgIpc) is 2.41. The molecule has 0 fully saturated rings. The first-order valence-corrected chi connectivity index (χ1v) is 7.83. The van der Waals surface area contributed by atoms with Crippen LogP contribution in [0.4, 0.5) is 10.1 Å². The number of thiocarbonyl (C=S) groups is 1. The van der Waals surface area contributed by atoms with Gasteiger partial charge in [-0.15, -0.1) is 0 Å². The van der Waals surface area contributed by atoms with Crippen LogP contribution >= 0.6 is 47.2 Å². The minimum atomic E-state index is -0.244. The van der Waals surface area contributed by atoms with Gasteiger partial charge in [0.05, 0.1) is 10.0 Å². The highest BCUT2D eigenvalue weighted by molar-refractivity contribution is 8.22. The van der Waals surface area contributed by atoms with E-state index in [1.165, 1.54) is 23.9 Å². The molecule has 1 nitrogen and oxygen atoms in total. The van der Waals surface area contributed by atoms with Crippen molar-refractivity contribution >= 4 is 57.2 Å². The van der Waals surface area contributed by atoms with E-state index in [1.54, 1.807) is 24.3 Å². The van der Waals surface area contributed by atoms with Crippen LogP contribution in [0.5, 0.6) is 0 Å². The van der Waals surface area contributed by atoms with Crippen LogP contribution in [0.2, 0.25) is 10.0 Å². The number of halogens is 3. The van der Waals surface area contributed by atoms with Gasteiger partial charge >= 0.3 is 0 Å². The Bertz CT molecular complexity index is 634. The topological polar surface area (TPSA) is 12.0 Å². The van der Waals surface area contributed by atoms with E-state index in [9.17, 15) is 4.39 Å². The van der Waals surface area contributed by atoms with Gasteiger partial charge in [-0.1, -0.05) is 59.3 Å². The average molecular weight is 346 g/mol. The van der Waals surface area contributed by atoms with Crippen molar-refractivity contribution in [3.8, 4) is 0 Å². The van der Waals surface area contributed by atoms with E-state index in [4.69, 9.17) is 35.4 Å². The summed E-state index contributed by atoms with van der Waals surface area (Å²) >= 11 is 18.4. The highest BCUT2D eigenvalue weighted by Gasteiger charge is 2.03. The molecule has 0 aliphatic carbocycles. The van der Waals surface area contributed by atoms with Crippen molar-refractivity contribution in [3.05, 3.63) is 63.9 Å². The smallest absolute Gasteiger partial charge is 0.138 e. The third-order valence-corrected chi connectivity index (χ3v) is 4.46. The van der Waals surface area contributed by atoms with Crippen LogP contribution in [0, 0.1) is 5.82 Å². The predicted molar refractivity (Wildman–Crippen MR) is 90.4 cm³/mol. The SMILES string of the molecule is Fc1cccc(CSC(=S)Nc2ccc(Cl)c(Cl)c2)c1. The Morgan fingerprint density at radius 2 is 1.95 bits per heavy atom. The molecule has 1 N–H and O–H groups in total. The molecular formula is C14H10Cl2FNS2. The molecule has 2 aromatic carbocycles. The molecule has 0 radical (unpaired) electrons. The van der Waals surface area contributed by atoms with Gasteiger partial charge in [0.25, 0.3) is 0 Å². The highest BCUT2D eigenvalue weighted by Crippen LogP contribution is 2.26. The largest absolute Gasteiger partial charge is 0.341 e. The standard InChI is InChI=1S/C14H10Cl2FNS2/c15-12-5-4-11(7-13(12)16)18-14(19)20-8-9-2-1-3-10(17)6-9/h1-7H,8H2,(H,18,19). The maximum Gasteiger partial charge on any atom is 0.138 e. The van der Waals surface area contributed by atoms with E-state index in [-0.39, 0.29) is 5.82 Å². The molecule has 2 aromatic rings. The van der Waals surface area contributed by atoms with Gasteiger partial charge in [-0.2, -0.15) is 0 Å². The molecule has 0 unspecified atom stereocenters. The van der Waals surface area contributed by atoms with Gasteiger partial charge in [-0.3, -0.25) is 0 Å². The predicted octanol–water partition coefficient (Wildman–Crippen LogP) is 5.76. The minimum absolute atomic E-state index is 0.244. The van der Waals surface area contributed by atoms with Gasteiger partial charge in [0.1, 0.15) is 10.1 Å². The Morgan fingerprint density at radius 1 is 1.15 bits per heavy atom. The maximum atomic E-state index is 13.0. The number of nitrogens with one attached hydrogen (secondary N) is 1. The summed E-state index contributed by atoms with van der Waals surface area (Å²) in [4.78, 5) is 0. The molecule has 6 heteroatoms. The third-order valence-electron chi connectivity index (χ3n) is 2.42. The zero-order chi connectivity index (χ0) is 14.5. The number of hydrogen-bond acceptors (Lipinski definition) is 2. The molecular weight excluding hydrogens is 336 g/mol. The first-order valence-electron chi connectivity index (χ1n) is 5.68. The van der Waals surface area contributed by atoms with Crippen molar-refractivity contribution in [3.63, 3.8) is 0 Å². The Hall–Kier alpha value is -0.810. The number of thioether (sulfide) groups is 1. The third kappa shape index (κ3) is 4.63. The van der Waals surface area contributed by atoms with E-state index in [2.05, 4.69) is 5.32 Å². The van der Waals surface area contributed by atoms with Crippen molar-refractivity contribution < 1.29 is 4.39 Å². The number of benzene rings is 2. The van der Waals surface area contributed by atoms with Crippen molar-refractivity contribution in [1.29, 1.82) is 0 Å². The fourth-order valence-electron chi connectivity index (χ4n) is 1.50. The normalized spacial score (nSPS) is 10.3. The van der Waals surface area contributed by atoms with Gasteiger partial charge in [0.2, 0.25) is 0 Å². The van der Waals surface area contributed by atoms with Gasteiger partial charge < -0.3 is 5.32 Å². The first-order chi connectivity index (χ1) is 9.54. The molecule has 20 heavy (non-hydrogen) atoms. The van der Waals surface area contributed by atoms with E-state index in [0.29, 0.717) is 20.1 Å². The lowest BCUT2D eigenvalue weighted by atomic mass is 10.2. The Kier molecular flexibility index (Phi) is 5.66. The number of rotatable bonds is 3.